The molecule has 8 nitrogen and oxygen atoms in total. The standard InChI is InChI=1S/C9H8N4O4/c14-8(15)5-16-4-7-12-13-9(17-7)6-1-2-10-11-3-6/h1-3H,4-5H2,(H,14,15). The van der Waals surface area contributed by atoms with E-state index in [9.17, 15) is 4.79 Å². The highest BCUT2D eigenvalue weighted by Gasteiger charge is 2.09. The molecule has 0 spiro atoms. The fraction of sp³-hybridized carbons (Fsp3) is 0.222. The Kier molecular flexibility index (Phi) is 3.36. The maximum absolute atomic E-state index is 10.2. The van der Waals surface area contributed by atoms with Crippen LogP contribution in [0.1, 0.15) is 5.89 Å². The van der Waals surface area contributed by atoms with Crippen LogP contribution in [0.5, 0.6) is 0 Å². The lowest BCUT2D eigenvalue weighted by atomic mass is 10.3. The minimum atomic E-state index is -1.05. The summed E-state index contributed by atoms with van der Waals surface area (Å²) in [6.45, 7) is -0.452. The van der Waals surface area contributed by atoms with Gasteiger partial charge in [0.25, 0.3) is 0 Å². The molecule has 0 atom stereocenters. The number of aliphatic carboxylic acids is 1. The summed E-state index contributed by atoms with van der Waals surface area (Å²) in [5.41, 5.74) is 0.636. The average Bonchev–Trinajstić information content (AvgIpc) is 2.78. The summed E-state index contributed by atoms with van der Waals surface area (Å²) < 4.78 is 10.1. The van der Waals surface area contributed by atoms with Crippen molar-refractivity contribution in [2.24, 2.45) is 0 Å². The summed E-state index contributed by atoms with van der Waals surface area (Å²) >= 11 is 0. The Morgan fingerprint density at radius 3 is 3.00 bits per heavy atom. The van der Waals surface area contributed by atoms with Crippen LogP contribution < -0.4 is 0 Å². The van der Waals surface area contributed by atoms with Gasteiger partial charge in [-0.25, -0.2) is 4.79 Å². The molecule has 2 aromatic rings. The topological polar surface area (TPSA) is 111 Å². The fourth-order valence-corrected chi connectivity index (χ4v) is 1.07. The van der Waals surface area contributed by atoms with Crippen molar-refractivity contribution >= 4 is 5.97 Å². The van der Waals surface area contributed by atoms with Crippen LogP contribution in [0.4, 0.5) is 0 Å². The smallest absolute Gasteiger partial charge is 0.329 e. The van der Waals surface area contributed by atoms with Gasteiger partial charge in [0, 0.05) is 0 Å². The van der Waals surface area contributed by atoms with Crippen molar-refractivity contribution in [3.63, 3.8) is 0 Å². The van der Waals surface area contributed by atoms with Crippen molar-refractivity contribution in [3.05, 3.63) is 24.4 Å². The van der Waals surface area contributed by atoms with Crippen LogP contribution in [0.25, 0.3) is 11.5 Å². The van der Waals surface area contributed by atoms with Gasteiger partial charge < -0.3 is 14.3 Å². The highest BCUT2D eigenvalue weighted by atomic mass is 16.5. The molecule has 0 saturated heterocycles. The summed E-state index contributed by atoms with van der Waals surface area (Å²) in [5, 5.41) is 23.1. The molecule has 0 unspecified atom stereocenters. The Morgan fingerprint density at radius 2 is 2.29 bits per heavy atom. The molecule has 0 radical (unpaired) electrons. The lowest BCUT2D eigenvalue weighted by molar-refractivity contribution is -0.142. The maximum atomic E-state index is 10.2. The van der Waals surface area contributed by atoms with Crippen LogP contribution >= 0.6 is 0 Å². The molecule has 2 heterocycles. The molecule has 1 N–H and O–H groups in total. The summed E-state index contributed by atoms with van der Waals surface area (Å²) in [7, 11) is 0. The van der Waals surface area contributed by atoms with Gasteiger partial charge in [0.2, 0.25) is 11.8 Å². The molecule has 2 rings (SSSR count). The van der Waals surface area contributed by atoms with E-state index in [1.54, 1.807) is 6.07 Å². The number of hydrogen-bond acceptors (Lipinski definition) is 7. The second-order valence-corrected chi connectivity index (χ2v) is 3.02. The van der Waals surface area contributed by atoms with Gasteiger partial charge in [0.1, 0.15) is 13.2 Å². The summed E-state index contributed by atoms with van der Waals surface area (Å²) in [6.07, 6.45) is 2.98. The van der Waals surface area contributed by atoms with Crippen molar-refractivity contribution in [3.8, 4) is 11.5 Å². The number of carbonyl (C=O) groups is 1. The van der Waals surface area contributed by atoms with E-state index >= 15 is 0 Å². The highest BCUT2D eigenvalue weighted by molar-refractivity contribution is 5.67. The van der Waals surface area contributed by atoms with Crippen molar-refractivity contribution in [1.29, 1.82) is 0 Å². The number of nitrogens with zero attached hydrogens (tertiary/aromatic N) is 4. The second-order valence-electron chi connectivity index (χ2n) is 3.02. The first-order valence-corrected chi connectivity index (χ1v) is 4.64. The quantitative estimate of drug-likeness (QED) is 0.779. The number of carboxylic acids is 1. The van der Waals surface area contributed by atoms with Gasteiger partial charge >= 0.3 is 5.97 Å². The molecular weight excluding hydrogens is 228 g/mol. The van der Waals surface area contributed by atoms with E-state index in [2.05, 4.69) is 20.4 Å². The summed E-state index contributed by atoms with van der Waals surface area (Å²) in [6, 6.07) is 1.67. The molecule has 17 heavy (non-hydrogen) atoms. The molecule has 0 aliphatic rings. The molecule has 0 amide bonds. The van der Waals surface area contributed by atoms with E-state index in [1.165, 1.54) is 12.4 Å². The van der Waals surface area contributed by atoms with Crippen LogP contribution in [-0.4, -0.2) is 38.1 Å². The van der Waals surface area contributed by atoms with Gasteiger partial charge in [-0.2, -0.15) is 10.2 Å². The molecule has 0 aliphatic heterocycles. The Hall–Kier alpha value is -2.35. The SMILES string of the molecule is O=C(O)COCc1nnc(-c2ccnnc2)o1. The van der Waals surface area contributed by atoms with Gasteiger partial charge in [-0.1, -0.05) is 0 Å². The normalized spacial score (nSPS) is 10.4. The molecule has 0 saturated carbocycles. The molecule has 2 aromatic heterocycles. The first kappa shape index (κ1) is 11.1. The third kappa shape index (κ3) is 3.05. The predicted molar refractivity (Wildman–Crippen MR) is 52.6 cm³/mol. The Labute approximate surface area is 95.3 Å². The van der Waals surface area contributed by atoms with E-state index in [0.717, 1.165) is 0 Å². The number of aromatic nitrogens is 4. The Morgan fingerprint density at radius 1 is 1.41 bits per heavy atom. The summed E-state index contributed by atoms with van der Waals surface area (Å²) in [4.78, 5) is 10.2. The van der Waals surface area contributed by atoms with Gasteiger partial charge in [-0.05, 0) is 6.07 Å². The molecule has 8 heteroatoms. The average molecular weight is 236 g/mol. The summed E-state index contributed by atoms with van der Waals surface area (Å²) in [5.74, 6) is -0.560. The van der Waals surface area contributed by atoms with Gasteiger partial charge in [0.05, 0.1) is 18.0 Å². The zero-order chi connectivity index (χ0) is 12.1. The first-order valence-electron chi connectivity index (χ1n) is 4.64. The third-order valence-electron chi connectivity index (χ3n) is 1.75. The lowest BCUT2D eigenvalue weighted by Crippen LogP contribution is -2.06. The molecule has 0 fully saturated rings. The van der Waals surface area contributed by atoms with Crippen molar-refractivity contribution < 1.29 is 19.1 Å². The largest absolute Gasteiger partial charge is 0.480 e. The molecule has 88 valence electrons. The number of rotatable bonds is 5. The number of hydrogen-bond donors (Lipinski definition) is 1. The van der Waals surface area contributed by atoms with Crippen LogP contribution in [0.3, 0.4) is 0 Å². The van der Waals surface area contributed by atoms with Gasteiger partial charge in [0.15, 0.2) is 0 Å². The van der Waals surface area contributed by atoms with Crippen molar-refractivity contribution in [1.82, 2.24) is 20.4 Å². The van der Waals surface area contributed by atoms with E-state index in [4.69, 9.17) is 14.3 Å². The zero-order valence-electron chi connectivity index (χ0n) is 8.61. The van der Waals surface area contributed by atoms with Crippen LogP contribution in [-0.2, 0) is 16.1 Å². The number of ether oxygens (including phenoxy) is 1. The van der Waals surface area contributed by atoms with E-state index < -0.39 is 12.6 Å². The van der Waals surface area contributed by atoms with E-state index in [-0.39, 0.29) is 18.4 Å². The van der Waals surface area contributed by atoms with E-state index in [1.807, 2.05) is 0 Å². The van der Waals surface area contributed by atoms with Crippen molar-refractivity contribution in [2.75, 3.05) is 6.61 Å². The third-order valence-corrected chi connectivity index (χ3v) is 1.75. The fourth-order valence-electron chi connectivity index (χ4n) is 1.07. The zero-order valence-corrected chi connectivity index (χ0v) is 8.61. The predicted octanol–water partition coefficient (Wildman–Crippen LogP) is 0.128. The molecular formula is C9H8N4O4. The highest BCUT2D eigenvalue weighted by Crippen LogP contribution is 2.15. The van der Waals surface area contributed by atoms with Crippen LogP contribution in [0, 0.1) is 0 Å². The first-order chi connectivity index (χ1) is 8.25. The van der Waals surface area contributed by atoms with Gasteiger partial charge in [-0.3, -0.25) is 0 Å². The Balaban J connectivity index is 1.99. The maximum Gasteiger partial charge on any atom is 0.329 e. The minimum Gasteiger partial charge on any atom is -0.480 e. The molecule has 0 bridgehead atoms. The molecule has 0 aliphatic carbocycles. The minimum absolute atomic E-state index is 0.0438. The Bertz CT molecular complexity index is 499. The second kappa shape index (κ2) is 5.12. The van der Waals surface area contributed by atoms with E-state index in [0.29, 0.717) is 5.56 Å². The lowest BCUT2D eigenvalue weighted by Gasteiger charge is -1.95. The monoisotopic (exact) mass is 236 g/mol. The van der Waals surface area contributed by atoms with Crippen LogP contribution in [0.15, 0.2) is 22.9 Å². The number of carboxylic acid groups (broad SMARTS) is 1. The van der Waals surface area contributed by atoms with Crippen molar-refractivity contribution in [2.45, 2.75) is 6.61 Å². The van der Waals surface area contributed by atoms with Crippen LogP contribution in [0.2, 0.25) is 0 Å². The molecule has 0 aromatic carbocycles. The van der Waals surface area contributed by atoms with Gasteiger partial charge in [-0.15, -0.1) is 10.2 Å².